The van der Waals surface area contributed by atoms with Crippen molar-refractivity contribution in [3.05, 3.63) is 101 Å². The predicted octanol–water partition coefficient (Wildman–Crippen LogP) is 4.03. The van der Waals surface area contributed by atoms with Crippen LogP contribution in [0.25, 0.3) is 0 Å². The van der Waals surface area contributed by atoms with Crippen molar-refractivity contribution in [1.82, 2.24) is 10.4 Å². The van der Waals surface area contributed by atoms with Crippen LogP contribution in [0.15, 0.2) is 72.8 Å². The molecule has 1 unspecified atom stereocenters. The molecule has 0 saturated heterocycles. The number of hydrazine groups is 1. The molecule has 6 nitrogen and oxygen atoms in total. The fourth-order valence-electron chi connectivity index (χ4n) is 4.48. The topological polar surface area (TPSA) is 69.7 Å². The molecule has 2 aliphatic rings. The monoisotopic (exact) mass is 425 g/mol. The van der Waals surface area contributed by atoms with Gasteiger partial charge in [0.25, 0.3) is 11.8 Å². The second kappa shape index (κ2) is 7.96. The van der Waals surface area contributed by atoms with Gasteiger partial charge in [-0.2, -0.15) is 0 Å². The summed E-state index contributed by atoms with van der Waals surface area (Å²) in [6.45, 7) is 2.86. The molecular formula is C26H23N3O3. The maximum Gasteiger partial charge on any atom is 0.272 e. The summed E-state index contributed by atoms with van der Waals surface area (Å²) in [6.07, 6.45) is 0.592. The number of fused-ring (bicyclic) bond motifs is 2. The molecule has 0 radical (unpaired) electrons. The van der Waals surface area contributed by atoms with E-state index in [4.69, 9.17) is 0 Å². The van der Waals surface area contributed by atoms with Crippen molar-refractivity contribution < 1.29 is 14.4 Å². The number of amides is 3. The molecule has 0 spiro atoms. The van der Waals surface area contributed by atoms with Crippen LogP contribution in [0.3, 0.4) is 0 Å². The largest absolute Gasteiger partial charge is 0.304 e. The van der Waals surface area contributed by atoms with Crippen LogP contribution < -0.4 is 10.3 Å². The second-order valence-electron chi connectivity index (χ2n) is 8.13. The lowest BCUT2D eigenvalue weighted by atomic mass is 9.95. The smallest absolute Gasteiger partial charge is 0.272 e. The van der Waals surface area contributed by atoms with Crippen LogP contribution >= 0.6 is 0 Å². The molecule has 0 saturated carbocycles. The zero-order valence-corrected chi connectivity index (χ0v) is 17.7. The third kappa shape index (κ3) is 3.34. The molecule has 0 bridgehead atoms. The van der Waals surface area contributed by atoms with E-state index in [1.807, 2.05) is 73.7 Å². The summed E-state index contributed by atoms with van der Waals surface area (Å²) < 4.78 is 0. The van der Waals surface area contributed by atoms with Crippen molar-refractivity contribution in [3.63, 3.8) is 0 Å². The number of nitrogens with one attached hydrogen (secondary N) is 1. The minimum atomic E-state index is -0.396. The van der Waals surface area contributed by atoms with E-state index in [1.165, 1.54) is 5.01 Å². The molecule has 6 heteroatoms. The van der Waals surface area contributed by atoms with Gasteiger partial charge in [0.2, 0.25) is 5.91 Å². The van der Waals surface area contributed by atoms with E-state index >= 15 is 0 Å². The van der Waals surface area contributed by atoms with Gasteiger partial charge in [0, 0.05) is 16.8 Å². The Kier molecular flexibility index (Phi) is 4.98. The Morgan fingerprint density at radius 3 is 2.03 bits per heavy atom. The molecule has 0 aliphatic carbocycles. The zero-order chi connectivity index (χ0) is 22.2. The van der Waals surface area contributed by atoms with Gasteiger partial charge in [-0.1, -0.05) is 55.5 Å². The zero-order valence-electron chi connectivity index (χ0n) is 17.7. The molecule has 5 rings (SSSR count). The highest BCUT2D eigenvalue weighted by Crippen LogP contribution is 2.30. The number of benzene rings is 3. The van der Waals surface area contributed by atoms with Crippen molar-refractivity contribution >= 4 is 23.4 Å². The molecule has 1 N–H and O–H groups in total. The van der Waals surface area contributed by atoms with Crippen molar-refractivity contribution in [2.24, 2.45) is 0 Å². The fourth-order valence-corrected chi connectivity index (χ4v) is 4.48. The minimum Gasteiger partial charge on any atom is -0.304 e. The standard InChI is InChI=1S/C26H23N3O3/c1-2-21(24(30)27-29-16-19-8-4-6-10-23(19)26(29)32)17-11-13-20(14-12-17)28-15-18-7-3-5-9-22(18)25(28)31/h3-14,21H,2,15-16H2,1H3,(H,27,30). The lowest BCUT2D eigenvalue weighted by Crippen LogP contribution is -2.44. The summed E-state index contributed by atoms with van der Waals surface area (Å²) in [5.74, 6) is -0.811. The van der Waals surface area contributed by atoms with E-state index < -0.39 is 5.92 Å². The van der Waals surface area contributed by atoms with E-state index in [0.29, 0.717) is 25.1 Å². The van der Waals surface area contributed by atoms with Gasteiger partial charge in [-0.3, -0.25) is 19.8 Å². The number of anilines is 1. The van der Waals surface area contributed by atoms with Gasteiger partial charge in [-0.25, -0.2) is 5.01 Å². The molecule has 2 aliphatic heterocycles. The molecule has 32 heavy (non-hydrogen) atoms. The van der Waals surface area contributed by atoms with Crippen LogP contribution in [-0.4, -0.2) is 22.7 Å². The fraction of sp³-hybridized carbons (Fsp3) is 0.192. The Morgan fingerprint density at radius 1 is 0.844 bits per heavy atom. The molecule has 3 aromatic rings. The first-order valence-corrected chi connectivity index (χ1v) is 10.8. The summed E-state index contributed by atoms with van der Waals surface area (Å²) in [7, 11) is 0. The van der Waals surface area contributed by atoms with Crippen molar-refractivity contribution in [3.8, 4) is 0 Å². The molecule has 0 aromatic heterocycles. The maximum atomic E-state index is 13.0. The van der Waals surface area contributed by atoms with Gasteiger partial charge in [-0.15, -0.1) is 0 Å². The van der Waals surface area contributed by atoms with E-state index in [9.17, 15) is 14.4 Å². The van der Waals surface area contributed by atoms with Crippen LogP contribution in [-0.2, 0) is 17.9 Å². The summed E-state index contributed by atoms with van der Waals surface area (Å²) in [4.78, 5) is 40.0. The highest BCUT2D eigenvalue weighted by atomic mass is 16.2. The normalized spacial score (nSPS) is 15.5. The van der Waals surface area contributed by atoms with Gasteiger partial charge in [0.15, 0.2) is 0 Å². The number of carbonyl (C=O) groups is 3. The quantitative estimate of drug-likeness (QED) is 0.671. The summed E-state index contributed by atoms with van der Waals surface area (Å²) in [6, 6.07) is 22.5. The number of rotatable bonds is 5. The molecule has 160 valence electrons. The third-order valence-electron chi connectivity index (χ3n) is 6.22. The molecule has 3 aromatic carbocycles. The van der Waals surface area contributed by atoms with Crippen LogP contribution in [0, 0.1) is 0 Å². The molecule has 0 fully saturated rings. The first-order valence-electron chi connectivity index (χ1n) is 10.8. The summed E-state index contributed by atoms with van der Waals surface area (Å²) >= 11 is 0. The average Bonchev–Trinajstić information content (AvgIpc) is 3.32. The maximum absolute atomic E-state index is 13.0. The summed E-state index contributed by atoms with van der Waals surface area (Å²) in [5, 5.41) is 1.38. The van der Waals surface area contributed by atoms with E-state index in [-0.39, 0.29) is 17.7 Å². The van der Waals surface area contributed by atoms with Crippen LogP contribution in [0.1, 0.15) is 56.7 Å². The van der Waals surface area contributed by atoms with E-state index in [2.05, 4.69) is 5.43 Å². The molecule has 2 heterocycles. The average molecular weight is 425 g/mol. The van der Waals surface area contributed by atoms with Gasteiger partial charge < -0.3 is 4.90 Å². The Labute approximate surface area is 186 Å². The Morgan fingerprint density at radius 2 is 1.44 bits per heavy atom. The van der Waals surface area contributed by atoms with E-state index in [0.717, 1.165) is 27.9 Å². The molecule has 1 atom stereocenters. The molecule has 3 amide bonds. The number of carbonyl (C=O) groups excluding carboxylic acids is 3. The Balaban J connectivity index is 1.30. The van der Waals surface area contributed by atoms with Gasteiger partial charge in [0.1, 0.15) is 0 Å². The van der Waals surface area contributed by atoms with E-state index in [1.54, 1.807) is 11.0 Å². The van der Waals surface area contributed by atoms with Gasteiger partial charge >= 0.3 is 0 Å². The van der Waals surface area contributed by atoms with Crippen molar-refractivity contribution in [2.75, 3.05) is 4.90 Å². The second-order valence-corrected chi connectivity index (χ2v) is 8.13. The number of nitrogens with zero attached hydrogens (tertiary/aromatic N) is 2. The lowest BCUT2D eigenvalue weighted by molar-refractivity contribution is -0.126. The first kappa shape index (κ1) is 20.0. The Bertz CT molecular complexity index is 1220. The van der Waals surface area contributed by atoms with Gasteiger partial charge in [-0.05, 0) is 47.4 Å². The number of hydrogen-bond acceptors (Lipinski definition) is 3. The number of hydrogen-bond donors (Lipinski definition) is 1. The highest BCUT2D eigenvalue weighted by Gasteiger charge is 2.31. The van der Waals surface area contributed by atoms with Crippen molar-refractivity contribution in [1.29, 1.82) is 0 Å². The van der Waals surface area contributed by atoms with Crippen LogP contribution in [0.4, 0.5) is 5.69 Å². The summed E-state index contributed by atoms with van der Waals surface area (Å²) in [5.41, 5.74) is 7.73. The Hall–Kier alpha value is -3.93. The lowest BCUT2D eigenvalue weighted by Gasteiger charge is -2.22. The van der Waals surface area contributed by atoms with Crippen LogP contribution in [0.5, 0.6) is 0 Å². The third-order valence-corrected chi connectivity index (χ3v) is 6.22. The first-order chi connectivity index (χ1) is 15.6. The predicted molar refractivity (Wildman–Crippen MR) is 121 cm³/mol. The van der Waals surface area contributed by atoms with Crippen molar-refractivity contribution in [2.45, 2.75) is 32.4 Å². The SMILES string of the molecule is CCC(C(=O)NN1Cc2ccccc2C1=O)c1ccc(N2Cc3ccccc3C2=O)cc1. The minimum absolute atomic E-state index is 0.00903. The molecular weight excluding hydrogens is 402 g/mol. The van der Waals surface area contributed by atoms with Crippen LogP contribution in [0.2, 0.25) is 0 Å². The highest BCUT2D eigenvalue weighted by molar-refractivity contribution is 6.10. The van der Waals surface area contributed by atoms with Gasteiger partial charge in [0.05, 0.1) is 19.0 Å².